The van der Waals surface area contributed by atoms with Crippen molar-refractivity contribution in [2.24, 2.45) is 0 Å². The molecule has 1 amide bonds. The zero-order valence-corrected chi connectivity index (χ0v) is 19.2. The van der Waals surface area contributed by atoms with Gasteiger partial charge < -0.3 is 15.0 Å². The minimum absolute atomic E-state index is 0.133. The highest BCUT2D eigenvalue weighted by molar-refractivity contribution is 5.88. The molecule has 2 N–H and O–H groups in total. The Morgan fingerprint density at radius 2 is 1.81 bits per heavy atom. The maximum Gasteiger partial charge on any atom is 0.326 e. The van der Waals surface area contributed by atoms with Gasteiger partial charge >= 0.3 is 5.97 Å². The Labute approximate surface area is 186 Å². The van der Waals surface area contributed by atoms with Crippen LogP contribution in [0.1, 0.15) is 95.4 Å². The smallest absolute Gasteiger partial charge is 0.326 e. The van der Waals surface area contributed by atoms with Gasteiger partial charge in [0.25, 0.3) is 0 Å². The number of nitrogens with zero attached hydrogens (tertiary/aromatic N) is 1. The van der Waals surface area contributed by atoms with E-state index in [4.69, 9.17) is 0 Å². The molecule has 0 bridgehead atoms. The van der Waals surface area contributed by atoms with Crippen molar-refractivity contribution in [3.63, 3.8) is 0 Å². The lowest BCUT2D eigenvalue weighted by molar-refractivity contribution is -0.141. The Kier molecular flexibility index (Phi) is 8.56. The summed E-state index contributed by atoms with van der Waals surface area (Å²) in [4.78, 5) is 24.4. The Hall–Kier alpha value is -2.30. The number of carboxylic acid groups (broad SMARTS) is 1. The lowest BCUT2D eigenvalue weighted by atomic mass is 9.91. The largest absolute Gasteiger partial charge is 0.480 e. The van der Waals surface area contributed by atoms with Gasteiger partial charge in [-0.15, -0.1) is 0 Å². The van der Waals surface area contributed by atoms with E-state index in [0.29, 0.717) is 12.8 Å². The molecule has 31 heavy (non-hydrogen) atoms. The van der Waals surface area contributed by atoms with Crippen LogP contribution in [0, 0.1) is 0 Å². The first-order chi connectivity index (χ1) is 15.1. The van der Waals surface area contributed by atoms with E-state index in [1.165, 1.54) is 37.7 Å². The summed E-state index contributed by atoms with van der Waals surface area (Å²) in [5.41, 5.74) is 3.34. The lowest BCUT2D eigenvalue weighted by Gasteiger charge is -2.26. The number of hydrogen-bond donors (Lipinski definition) is 2. The number of carbonyl (C=O) groups is 2. The monoisotopic (exact) mass is 426 g/mol. The van der Waals surface area contributed by atoms with Gasteiger partial charge in [0.15, 0.2) is 0 Å². The molecule has 1 aromatic carbocycles. The second kappa shape index (κ2) is 11.4. The number of fused-ring (bicyclic) bond motifs is 3. The normalized spacial score (nSPS) is 16.8. The van der Waals surface area contributed by atoms with Crippen molar-refractivity contribution in [1.82, 2.24) is 9.88 Å². The van der Waals surface area contributed by atoms with E-state index >= 15 is 0 Å². The maximum absolute atomic E-state index is 12.5. The molecule has 0 aliphatic heterocycles. The minimum atomic E-state index is -0.781. The van der Waals surface area contributed by atoms with E-state index in [-0.39, 0.29) is 11.9 Å². The third kappa shape index (κ3) is 5.69. The van der Waals surface area contributed by atoms with Gasteiger partial charge in [0.2, 0.25) is 5.91 Å². The highest BCUT2D eigenvalue weighted by atomic mass is 16.4. The van der Waals surface area contributed by atoms with Crippen LogP contribution < -0.4 is 5.32 Å². The number of aromatic nitrogens is 1. The number of aliphatic carboxylic acids is 1. The second-order valence-electron chi connectivity index (χ2n) is 8.95. The van der Waals surface area contributed by atoms with E-state index < -0.39 is 12.0 Å². The van der Waals surface area contributed by atoms with Crippen molar-refractivity contribution >= 4 is 22.8 Å². The second-order valence-corrected chi connectivity index (χ2v) is 8.95. The number of rotatable bonds is 12. The Morgan fingerprint density at radius 1 is 1.10 bits per heavy atom. The van der Waals surface area contributed by atoms with E-state index in [1.807, 2.05) is 29.7 Å². The van der Waals surface area contributed by atoms with Crippen molar-refractivity contribution < 1.29 is 14.7 Å². The van der Waals surface area contributed by atoms with E-state index in [1.54, 1.807) is 0 Å². The number of unbranched alkanes of at least 4 members (excludes halogenated alkanes) is 6. The molecule has 5 heteroatoms. The summed E-state index contributed by atoms with van der Waals surface area (Å²) < 4.78 is 2.03. The maximum atomic E-state index is 12.5. The summed E-state index contributed by atoms with van der Waals surface area (Å²) in [6, 6.07) is 7.68. The van der Waals surface area contributed by atoms with Crippen molar-refractivity contribution in [1.29, 1.82) is 0 Å². The zero-order valence-electron chi connectivity index (χ0n) is 19.2. The molecule has 0 saturated heterocycles. The molecule has 2 atom stereocenters. The highest BCUT2D eigenvalue weighted by Gasteiger charge is 2.30. The first-order valence-corrected chi connectivity index (χ1v) is 12.2. The van der Waals surface area contributed by atoms with Crippen LogP contribution >= 0.6 is 0 Å². The summed E-state index contributed by atoms with van der Waals surface area (Å²) in [5.74, 6) is -0.626. The van der Waals surface area contributed by atoms with Crippen LogP contribution in [0.5, 0.6) is 0 Å². The molecule has 0 saturated carbocycles. The molecule has 1 aliphatic carbocycles. The van der Waals surface area contributed by atoms with Gasteiger partial charge in [-0.1, -0.05) is 70.6 Å². The molecule has 0 fully saturated rings. The standard InChI is InChI=1S/C26H38N2O3/c1-3-5-6-7-8-9-10-15-25(29)27-19-16-17-24-21(18-19)20-13-11-12-14-23(20)28(24)22(4-2)26(30)31/h11-14,19,22H,3-10,15-18H2,1-2H3,(H,27,29)(H,30,31)/t19-,22?/m1/s1. The number of benzene rings is 1. The number of carbonyl (C=O) groups excluding carboxylic acids is 1. The summed E-state index contributed by atoms with van der Waals surface area (Å²) in [6.07, 6.45) is 12.1. The summed E-state index contributed by atoms with van der Waals surface area (Å²) in [7, 11) is 0. The molecular weight excluding hydrogens is 388 g/mol. The molecule has 3 rings (SSSR count). The van der Waals surface area contributed by atoms with E-state index in [0.717, 1.165) is 48.7 Å². The first kappa shape index (κ1) is 23.4. The topological polar surface area (TPSA) is 71.3 Å². The molecule has 5 nitrogen and oxygen atoms in total. The van der Waals surface area contributed by atoms with Gasteiger partial charge in [-0.3, -0.25) is 4.79 Å². The number of nitrogens with one attached hydrogen (secondary N) is 1. The summed E-state index contributed by atoms with van der Waals surface area (Å²) >= 11 is 0. The van der Waals surface area contributed by atoms with E-state index in [9.17, 15) is 14.7 Å². The van der Waals surface area contributed by atoms with Crippen LogP contribution in [0.25, 0.3) is 10.9 Å². The third-order valence-corrected chi connectivity index (χ3v) is 6.66. The predicted octanol–water partition coefficient (Wildman–Crippen LogP) is 5.79. The van der Waals surface area contributed by atoms with Crippen LogP contribution in [0.4, 0.5) is 0 Å². The van der Waals surface area contributed by atoms with Crippen LogP contribution in [0.2, 0.25) is 0 Å². The Morgan fingerprint density at radius 3 is 2.52 bits per heavy atom. The van der Waals surface area contributed by atoms with Gasteiger partial charge in [0, 0.05) is 29.1 Å². The van der Waals surface area contributed by atoms with Crippen molar-refractivity contribution in [2.45, 2.75) is 103 Å². The van der Waals surface area contributed by atoms with Gasteiger partial charge in [0.1, 0.15) is 6.04 Å². The Bertz CT molecular complexity index is 886. The van der Waals surface area contributed by atoms with Crippen LogP contribution in [0.3, 0.4) is 0 Å². The van der Waals surface area contributed by atoms with Crippen molar-refractivity contribution in [3.05, 3.63) is 35.5 Å². The molecule has 0 radical (unpaired) electrons. The predicted molar refractivity (Wildman–Crippen MR) is 125 cm³/mol. The van der Waals surface area contributed by atoms with Crippen LogP contribution in [-0.2, 0) is 22.4 Å². The van der Waals surface area contributed by atoms with Crippen molar-refractivity contribution in [3.8, 4) is 0 Å². The molecule has 1 heterocycles. The number of amides is 1. The average Bonchev–Trinajstić information content (AvgIpc) is 3.07. The third-order valence-electron chi connectivity index (χ3n) is 6.66. The van der Waals surface area contributed by atoms with Gasteiger partial charge in [-0.05, 0) is 43.7 Å². The fourth-order valence-corrected chi connectivity index (χ4v) is 5.03. The van der Waals surface area contributed by atoms with Gasteiger partial charge in [-0.2, -0.15) is 0 Å². The molecule has 1 aromatic heterocycles. The SMILES string of the molecule is CCCCCCCCCC(=O)N[C@@H]1CCc2c(c3ccccc3n2C(CC)C(=O)O)C1. The molecular formula is C26H38N2O3. The first-order valence-electron chi connectivity index (χ1n) is 12.2. The molecule has 170 valence electrons. The fourth-order valence-electron chi connectivity index (χ4n) is 5.03. The quantitative estimate of drug-likeness (QED) is 0.422. The lowest BCUT2D eigenvalue weighted by Crippen LogP contribution is -2.39. The number of para-hydroxylation sites is 1. The van der Waals surface area contributed by atoms with E-state index in [2.05, 4.69) is 18.3 Å². The summed E-state index contributed by atoms with van der Waals surface area (Å²) in [6.45, 7) is 4.15. The zero-order chi connectivity index (χ0) is 22.2. The molecule has 1 aliphatic rings. The highest BCUT2D eigenvalue weighted by Crippen LogP contribution is 2.35. The summed E-state index contributed by atoms with van der Waals surface area (Å²) in [5, 5.41) is 14.1. The molecule has 1 unspecified atom stereocenters. The Balaban J connectivity index is 1.62. The molecule has 2 aromatic rings. The number of hydrogen-bond acceptors (Lipinski definition) is 2. The van der Waals surface area contributed by atoms with Crippen LogP contribution in [-0.4, -0.2) is 27.6 Å². The average molecular weight is 427 g/mol. The van der Waals surface area contributed by atoms with Gasteiger partial charge in [-0.25, -0.2) is 4.79 Å². The van der Waals surface area contributed by atoms with Crippen molar-refractivity contribution in [2.75, 3.05) is 0 Å². The van der Waals surface area contributed by atoms with Gasteiger partial charge in [0.05, 0.1) is 0 Å². The minimum Gasteiger partial charge on any atom is -0.480 e. The fraction of sp³-hybridized carbons (Fsp3) is 0.615. The van der Waals surface area contributed by atoms with Crippen LogP contribution in [0.15, 0.2) is 24.3 Å². The molecule has 0 spiro atoms. The number of carboxylic acids is 1.